The van der Waals surface area contributed by atoms with Crippen LogP contribution in [-0.2, 0) is 11.3 Å². The number of rotatable bonds is 8. The van der Waals surface area contributed by atoms with Crippen LogP contribution in [0.25, 0.3) is 0 Å². The van der Waals surface area contributed by atoms with E-state index in [4.69, 9.17) is 4.74 Å². The maximum absolute atomic E-state index is 5.45. The van der Waals surface area contributed by atoms with Crippen LogP contribution in [0.15, 0.2) is 22.7 Å². The van der Waals surface area contributed by atoms with Crippen LogP contribution in [0.3, 0.4) is 0 Å². The SMILES string of the molecule is CCOCCN(CC)c1ccc(CNC(C)(C)C)c(Br)c1. The number of anilines is 1. The Kier molecular flexibility index (Phi) is 7.71. The lowest BCUT2D eigenvalue weighted by molar-refractivity contribution is 0.154. The highest BCUT2D eigenvalue weighted by molar-refractivity contribution is 9.10. The number of hydrogen-bond acceptors (Lipinski definition) is 3. The van der Waals surface area contributed by atoms with E-state index in [1.54, 1.807) is 0 Å². The summed E-state index contributed by atoms with van der Waals surface area (Å²) in [5.41, 5.74) is 2.66. The average Bonchev–Trinajstić information content (AvgIpc) is 2.41. The molecule has 0 aliphatic heterocycles. The number of benzene rings is 1. The first-order valence-corrected chi connectivity index (χ1v) is 8.52. The van der Waals surface area contributed by atoms with E-state index in [0.717, 1.165) is 37.3 Å². The maximum Gasteiger partial charge on any atom is 0.0641 e. The van der Waals surface area contributed by atoms with Crippen LogP contribution in [0.1, 0.15) is 40.2 Å². The fourth-order valence-electron chi connectivity index (χ4n) is 2.03. The summed E-state index contributed by atoms with van der Waals surface area (Å²) in [5.74, 6) is 0. The molecule has 0 aliphatic rings. The van der Waals surface area contributed by atoms with Gasteiger partial charge in [-0.05, 0) is 52.3 Å². The van der Waals surface area contributed by atoms with Crippen LogP contribution >= 0.6 is 15.9 Å². The van der Waals surface area contributed by atoms with Crippen molar-refractivity contribution in [3.8, 4) is 0 Å². The first kappa shape index (κ1) is 18.5. The van der Waals surface area contributed by atoms with Gasteiger partial charge in [-0.1, -0.05) is 22.0 Å². The van der Waals surface area contributed by atoms with Gasteiger partial charge in [0.25, 0.3) is 0 Å². The summed E-state index contributed by atoms with van der Waals surface area (Å²) >= 11 is 3.70. The molecule has 21 heavy (non-hydrogen) atoms. The van der Waals surface area contributed by atoms with Gasteiger partial charge in [-0.15, -0.1) is 0 Å². The van der Waals surface area contributed by atoms with Gasteiger partial charge in [-0.3, -0.25) is 0 Å². The Morgan fingerprint density at radius 1 is 1.24 bits per heavy atom. The van der Waals surface area contributed by atoms with Crippen LogP contribution in [0.4, 0.5) is 5.69 Å². The Morgan fingerprint density at radius 3 is 2.48 bits per heavy atom. The lowest BCUT2D eigenvalue weighted by Crippen LogP contribution is -2.35. The Balaban J connectivity index is 2.71. The third-order valence-corrected chi connectivity index (χ3v) is 4.04. The topological polar surface area (TPSA) is 24.5 Å². The second kappa shape index (κ2) is 8.76. The smallest absolute Gasteiger partial charge is 0.0641 e. The molecule has 0 fully saturated rings. The number of nitrogens with zero attached hydrogens (tertiary/aromatic N) is 1. The molecule has 0 amide bonds. The van der Waals surface area contributed by atoms with Gasteiger partial charge >= 0.3 is 0 Å². The zero-order valence-electron chi connectivity index (χ0n) is 14.0. The molecule has 4 heteroatoms. The van der Waals surface area contributed by atoms with Crippen molar-refractivity contribution in [3.63, 3.8) is 0 Å². The van der Waals surface area contributed by atoms with Crippen molar-refractivity contribution in [1.82, 2.24) is 5.32 Å². The van der Waals surface area contributed by atoms with Gasteiger partial charge in [0.2, 0.25) is 0 Å². The Hall–Kier alpha value is -0.580. The summed E-state index contributed by atoms with van der Waals surface area (Å²) in [6.45, 7) is 15.1. The molecule has 0 saturated heterocycles. The quantitative estimate of drug-likeness (QED) is 0.706. The first-order valence-electron chi connectivity index (χ1n) is 7.73. The molecule has 1 aromatic carbocycles. The van der Waals surface area contributed by atoms with E-state index >= 15 is 0 Å². The summed E-state index contributed by atoms with van der Waals surface area (Å²) in [6, 6.07) is 6.59. The summed E-state index contributed by atoms with van der Waals surface area (Å²) in [6.07, 6.45) is 0. The fourth-order valence-corrected chi connectivity index (χ4v) is 2.53. The summed E-state index contributed by atoms with van der Waals surface area (Å²) in [4.78, 5) is 2.33. The predicted octanol–water partition coefficient (Wildman–Crippen LogP) is 4.20. The second-order valence-corrected chi connectivity index (χ2v) is 7.01. The Morgan fingerprint density at radius 2 is 1.95 bits per heavy atom. The molecule has 1 rings (SSSR count). The van der Waals surface area contributed by atoms with E-state index in [0.29, 0.717) is 0 Å². The molecular weight excluding hydrogens is 328 g/mol. The van der Waals surface area contributed by atoms with Crippen LogP contribution in [-0.4, -0.2) is 31.8 Å². The molecule has 0 spiro atoms. The van der Waals surface area contributed by atoms with Crippen LogP contribution in [0.5, 0.6) is 0 Å². The third kappa shape index (κ3) is 6.81. The predicted molar refractivity (Wildman–Crippen MR) is 95.1 cm³/mol. The van der Waals surface area contributed by atoms with E-state index in [1.807, 2.05) is 6.92 Å². The van der Waals surface area contributed by atoms with Gasteiger partial charge in [-0.25, -0.2) is 0 Å². The molecule has 0 aromatic heterocycles. The average molecular weight is 357 g/mol. The fraction of sp³-hybridized carbons (Fsp3) is 0.647. The highest BCUT2D eigenvalue weighted by Gasteiger charge is 2.11. The van der Waals surface area contributed by atoms with Gasteiger partial charge in [-0.2, -0.15) is 0 Å². The van der Waals surface area contributed by atoms with E-state index in [-0.39, 0.29) is 5.54 Å². The minimum atomic E-state index is 0.130. The van der Waals surface area contributed by atoms with Crippen LogP contribution in [0, 0.1) is 0 Å². The molecule has 1 N–H and O–H groups in total. The van der Waals surface area contributed by atoms with E-state index in [9.17, 15) is 0 Å². The monoisotopic (exact) mass is 356 g/mol. The lowest BCUT2D eigenvalue weighted by Gasteiger charge is -2.25. The second-order valence-electron chi connectivity index (χ2n) is 6.16. The van der Waals surface area contributed by atoms with E-state index in [1.165, 1.54) is 11.3 Å². The number of likely N-dealkylation sites (N-methyl/N-ethyl adjacent to an activating group) is 1. The molecule has 0 radical (unpaired) electrons. The standard InChI is InChI=1S/C17H29BrN2O/c1-6-20(10-11-21-7-2)15-9-8-14(16(18)12-15)13-19-17(3,4)5/h8-9,12,19H,6-7,10-11,13H2,1-5H3. The van der Waals surface area contributed by atoms with Crippen molar-refractivity contribution >= 4 is 21.6 Å². The zero-order chi connectivity index (χ0) is 15.9. The Labute approximate surface area is 138 Å². The van der Waals surface area contributed by atoms with Crippen molar-refractivity contribution in [2.75, 3.05) is 31.2 Å². The largest absolute Gasteiger partial charge is 0.380 e. The van der Waals surface area contributed by atoms with Crippen molar-refractivity contribution in [1.29, 1.82) is 0 Å². The molecule has 3 nitrogen and oxygen atoms in total. The molecular formula is C17H29BrN2O. The van der Waals surface area contributed by atoms with Crippen molar-refractivity contribution in [2.45, 2.75) is 46.7 Å². The molecule has 0 atom stereocenters. The minimum absolute atomic E-state index is 0.130. The first-order chi connectivity index (χ1) is 9.87. The lowest BCUT2D eigenvalue weighted by atomic mass is 10.1. The van der Waals surface area contributed by atoms with Gasteiger partial charge < -0.3 is 15.0 Å². The van der Waals surface area contributed by atoms with Crippen LogP contribution in [0.2, 0.25) is 0 Å². The summed E-state index contributed by atoms with van der Waals surface area (Å²) in [7, 11) is 0. The van der Waals surface area contributed by atoms with Crippen LogP contribution < -0.4 is 10.2 Å². The van der Waals surface area contributed by atoms with Crippen molar-refractivity contribution in [2.24, 2.45) is 0 Å². The molecule has 0 saturated carbocycles. The highest BCUT2D eigenvalue weighted by atomic mass is 79.9. The van der Waals surface area contributed by atoms with E-state index in [2.05, 4.69) is 72.0 Å². The van der Waals surface area contributed by atoms with E-state index < -0.39 is 0 Å². The number of ether oxygens (including phenoxy) is 1. The minimum Gasteiger partial charge on any atom is -0.380 e. The van der Waals surface area contributed by atoms with Gasteiger partial charge in [0.1, 0.15) is 0 Å². The Bertz CT molecular complexity index is 429. The number of hydrogen-bond donors (Lipinski definition) is 1. The normalized spacial score (nSPS) is 11.7. The molecule has 0 unspecified atom stereocenters. The summed E-state index contributed by atoms with van der Waals surface area (Å²) < 4.78 is 6.61. The number of halogens is 1. The van der Waals surface area contributed by atoms with Crippen molar-refractivity contribution in [3.05, 3.63) is 28.2 Å². The molecule has 1 aromatic rings. The van der Waals surface area contributed by atoms with Gasteiger partial charge in [0.05, 0.1) is 6.61 Å². The van der Waals surface area contributed by atoms with Gasteiger partial charge in [0, 0.05) is 41.9 Å². The molecule has 0 bridgehead atoms. The molecule has 0 aliphatic carbocycles. The maximum atomic E-state index is 5.45. The van der Waals surface area contributed by atoms with Gasteiger partial charge in [0.15, 0.2) is 0 Å². The molecule has 120 valence electrons. The zero-order valence-corrected chi connectivity index (χ0v) is 15.6. The number of nitrogens with one attached hydrogen (secondary N) is 1. The summed E-state index contributed by atoms with van der Waals surface area (Å²) in [5, 5.41) is 3.52. The third-order valence-electron chi connectivity index (χ3n) is 3.30. The van der Waals surface area contributed by atoms with Crippen molar-refractivity contribution < 1.29 is 4.74 Å². The molecule has 0 heterocycles. The highest BCUT2D eigenvalue weighted by Crippen LogP contribution is 2.24.